The van der Waals surface area contributed by atoms with Gasteiger partial charge >= 0.3 is 11.8 Å². The SMILES string of the molecule is NC(=O)C(=O)NCCc1cccnc1. The Kier molecular flexibility index (Phi) is 3.60. The molecule has 0 aromatic carbocycles. The highest BCUT2D eigenvalue weighted by Gasteiger charge is 2.06. The van der Waals surface area contributed by atoms with E-state index in [1.54, 1.807) is 12.4 Å². The molecule has 0 saturated carbocycles. The molecule has 2 amide bonds. The fraction of sp³-hybridized carbons (Fsp3) is 0.222. The highest BCUT2D eigenvalue weighted by atomic mass is 16.2. The zero-order chi connectivity index (χ0) is 10.4. The van der Waals surface area contributed by atoms with E-state index in [2.05, 4.69) is 10.3 Å². The molecule has 0 bridgehead atoms. The van der Waals surface area contributed by atoms with Gasteiger partial charge < -0.3 is 11.1 Å². The van der Waals surface area contributed by atoms with Crippen LogP contribution in [0, 0.1) is 0 Å². The van der Waals surface area contributed by atoms with Gasteiger partial charge in [0.25, 0.3) is 0 Å². The number of nitrogens with two attached hydrogens (primary N) is 1. The Morgan fingerprint density at radius 1 is 1.50 bits per heavy atom. The zero-order valence-electron chi connectivity index (χ0n) is 7.56. The highest BCUT2D eigenvalue weighted by Crippen LogP contribution is 1.94. The summed E-state index contributed by atoms with van der Waals surface area (Å²) in [6.07, 6.45) is 4.01. The van der Waals surface area contributed by atoms with E-state index in [0.717, 1.165) is 5.56 Å². The van der Waals surface area contributed by atoms with Crippen molar-refractivity contribution in [1.29, 1.82) is 0 Å². The molecule has 0 unspecified atom stereocenters. The van der Waals surface area contributed by atoms with Crippen molar-refractivity contribution in [2.45, 2.75) is 6.42 Å². The Morgan fingerprint density at radius 2 is 2.29 bits per heavy atom. The molecular weight excluding hydrogens is 182 g/mol. The number of hydrogen-bond acceptors (Lipinski definition) is 3. The summed E-state index contributed by atoms with van der Waals surface area (Å²) in [5.41, 5.74) is 5.75. The zero-order valence-corrected chi connectivity index (χ0v) is 7.56. The number of carbonyl (C=O) groups is 2. The second-order valence-electron chi connectivity index (χ2n) is 2.73. The molecule has 14 heavy (non-hydrogen) atoms. The van der Waals surface area contributed by atoms with Crippen LogP contribution in [0.25, 0.3) is 0 Å². The van der Waals surface area contributed by atoms with Crippen LogP contribution in [0.1, 0.15) is 5.56 Å². The molecule has 5 heteroatoms. The van der Waals surface area contributed by atoms with Crippen molar-refractivity contribution in [3.05, 3.63) is 30.1 Å². The first-order valence-electron chi connectivity index (χ1n) is 4.16. The molecule has 0 radical (unpaired) electrons. The van der Waals surface area contributed by atoms with Crippen molar-refractivity contribution in [2.75, 3.05) is 6.54 Å². The Morgan fingerprint density at radius 3 is 2.86 bits per heavy atom. The number of rotatable bonds is 3. The molecule has 0 aliphatic carbocycles. The summed E-state index contributed by atoms with van der Waals surface area (Å²) >= 11 is 0. The molecule has 0 aliphatic rings. The summed E-state index contributed by atoms with van der Waals surface area (Å²) in [4.78, 5) is 25.0. The van der Waals surface area contributed by atoms with Crippen LogP contribution in [0.4, 0.5) is 0 Å². The molecule has 74 valence electrons. The molecule has 5 nitrogen and oxygen atoms in total. The lowest BCUT2D eigenvalue weighted by molar-refractivity contribution is -0.137. The van der Waals surface area contributed by atoms with E-state index in [0.29, 0.717) is 13.0 Å². The minimum atomic E-state index is -0.962. The normalized spacial score (nSPS) is 9.43. The molecule has 3 N–H and O–H groups in total. The number of primary amides is 1. The summed E-state index contributed by atoms with van der Waals surface area (Å²) < 4.78 is 0. The molecular formula is C9H11N3O2. The monoisotopic (exact) mass is 193 g/mol. The van der Waals surface area contributed by atoms with E-state index in [1.165, 1.54) is 0 Å². The minimum absolute atomic E-state index is 0.382. The molecule has 1 rings (SSSR count). The Hall–Kier alpha value is -1.91. The highest BCUT2D eigenvalue weighted by molar-refractivity contribution is 6.34. The number of hydrogen-bond donors (Lipinski definition) is 2. The molecule has 1 aromatic rings. The van der Waals surface area contributed by atoms with Crippen LogP contribution in [0.2, 0.25) is 0 Å². The Labute approximate surface area is 81.3 Å². The number of amides is 2. The van der Waals surface area contributed by atoms with Crippen molar-refractivity contribution in [1.82, 2.24) is 10.3 Å². The number of aromatic nitrogens is 1. The standard InChI is InChI=1S/C9H11N3O2/c10-8(13)9(14)12-5-3-7-2-1-4-11-6-7/h1-2,4,6H,3,5H2,(H2,10,13)(H,12,14). The van der Waals surface area contributed by atoms with Crippen molar-refractivity contribution in [2.24, 2.45) is 5.73 Å². The van der Waals surface area contributed by atoms with Crippen LogP contribution in [-0.2, 0) is 16.0 Å². The molecule has 0 aliphatic heterocycles. The average molecular weight is 193 g/mol. The van der Waals surface area contributed by atoms with Gasteiger partial charge in [0.1, 0.15) is 0 Å². The van der Waals surface area contributed by atoms with Crippen LogP contribution >= 0.6 is 0 Å². The Balaban J connectivity index is 2.29. The third kappa shape index (κ3) is 3.22. The van der Waals surface area contributed by atoms with Crippen molar-refractivity contribution >= 4 is 11.8 Å². The lowest BCUT2D eigenvalue weighted by Gasteiger charge is -2.01. The average Bonchev–Trinajstić information content (AvgIpc) is 2.19. The van der Waals surface area contributed by atoms with E-state index in [1.807, 2.05) is 12.1 Å². The molecule has 0 spiro atoms. The van der Waals surface area contributed by atoms with E-state index in [-0.39, 0.29) is 0 Å². The van der Waals surface area contributed by atoms with E-state index < -0.39 is 11.8 Å². The number of carbonyl (C=O) groups excluding carboxylic acids is 2. The fourth-order valence-corrected chi connectivity index (χ4v) is 0.953. The predicted molar refractivity (Wildman–Crippen MR) is 50.1 cm³/mol. The van der Waals surface area contributed by atoms with Crippen LogP contribution < -0.4 is 11.1 Å². The second kappa shape index (κ2) is 4.96. The third-order valence-corrected chi connectivity index (χ3v) is 1.65. The van der Waals surface area contributed by atoms with E-state index in [9.17, 15) is 9.59 Å². The van der Waals surface area contributed by atoms with Crippen LogP contribution in [0.5, 0.6) is 0 Å². The summed E-state index contributed by atoms with van der Waals surface area (Å²) in [5, 5.41) is 2.39. The quantitative estimate of drug-likeness (QED) is 0.618. The van der Waals surface area contributed by atoms with Gasteiger partial charge in [-0.1, -0.05) is 6.07 Å². The maximum atomic E-state index is 10.7. The Bertz CT molecular complexity index is 324. The topological polar surface area (TPSA) is 85.1 Å². The lowest BCUT2D eigenvalue weighted by Crippen LogP contribution is -2.37. The van der Waals surface area contributed by atoms with E-state index in [4.69, 9.17) is 5.73 Å². The molecule has 0 saturated heterocycles. The van der Waals surface area contributed by atoms with Gasteiger partial charge in [0.05, 0.1) is 0 Å². The van der Waals surface area contributed by atoms with Gasteiger partial charge in [-0.05, 0) is 18.1 Å². The van der Waals surface area contributed by atoms with Gasteiger partial charge in [-0.3, -0.25) is 14.6 Å². The van der Waals surface area contributed by atoms with Gasteiger partial charge in [-0.25, -0.2) is 0 Å². The van der Waals surface area contributed by atoms with Gasteiger partial charge in [0.15, 0.2) is 0 Å². The first-order valence-corrected chi connectivity index (χ1v) is 4.16. The smallest absolute Gasteiger partial charge is 0.309 e. The largest absolute Gasteiger partial charge is 0.361 e. The number of pyridine rings is 1. The molecule has 0 atom stereocenters. The van der Waals surface area contributed by atoms with Crippen LogP contribution in [0.3, 0.4) is 0 Å². The first-order chi connectivity index (χ1) is 6.70. The van der Waals surface area contributed by atoms with Gasteiger partial charge in [-0.2, -0.15) is 0 Å². The number of nitrogens with zero attached hydrogens (tertiary/aromatic N) is 1. The second-order valence-corrected chi connectivity index (χ2v) is 2.73. The number of nitrogens with one attached hydrogen (secondary N) is 1. The van der Waals surface area contributed by atoms with Crippen molar-refractivity contribution in [3.63, 3.8) is 0 Å². The van der Waals surface area contributed by atoms with Gasteiger partial charge in [0, 0.05) is 18.9 Å². The van der Waals surface area contributed by atoms with Gasteiger partial charge in [-0.15, -0.1) is 0 Å². The van der Waals surface area contributed by atoms with Crippen LogP contribution in [-0.4, -0.2) is 23.3 Å². The summed E-state index contributed by atoms with van der Waals surface area (Å²) in [5.74, 6) is -1.72. The molecule has 1 heterocycles. The van der Waals surface area contributed by atoms with E-state index >= 15 is 0 Å². The first kappa shape index (κ1) is 10.2. The van der Waals surface area contributed by atoms with Crippen molar-refractivity contribution in [3.8, 4) is 0 Å². The molecule has 0 fully saturated rings. The van der Waals surface area contributed by atoms with Crippen LogP contribution in [0.15, 0.2) is 24.5 Å². The van der Waals surface area contributed by atoms with Gasteiger partial charge in [0.2, 0.25) is 0 Å². The van der Waals surface area contributed by atoms with Crippen molar-refractivity contribution < 1.29 is 9.59 Å². The lowest BCUT2D eigenvalue weighted by atomic mass is 10.2. The fourth-order valence-electron chi connectivity index (χ4n) is 0.953. The summed E-state index contributed by atoms with van der Waals surface area (Å²) in [6, 6.07) is 3.70. The third-order valence-electron chi connectivity index (χ3n) is 1.65. The molecule has 1 aromatic heterocycles. The predicted octanol–water partition coefficient (Wildman–Crippen LogP) is -0.774. The maximum absolute atomic E-state index is 10.7. The minimum Gasteiger partial charge on any atom is -0.361 e. The maximum Gasteiger partial charge on any atom is 0.309 e. The summed E-state index contributed by atoms with van der Waals surface area (Å²) in [6.45, 7) is 0.382. The summed E-state index contributed by atoms with van der Waals surface area (Å²) in [7, 11) is 0.